The Labute approximate surface area is 92.6 Å². The van der Waals surface area contributed by atoms with Crippen LogP contribution >= 0.6 is 15.9 Å². The van der Waals surface area contributed by atoms with E-state index in [1.807, 2.05) is 6.07 Å². The van der Waals surface area contributed by atoms with Crippen molar-refractivity contribution in [2.45, 2.75) is 18.8 Å². The first-order valence-electron chi connectivity index (χ1n) is 4.81. The molecule has 74 valence electrons. The Morgan fingerprint density at radius 3 is 2.57 bits per heavy atom. The topological polar surface area (TPSA) is 20.2 Å². The molecular formula is C12H13BrO. The maximum absolute atomic E-state index is 9.32. The van der Waals surface area contributed by atoms with Crippen molar-refractivity contribution in [3.63, 3.8) is 0 Å². The Balaban J connectivity index is 2.52. The molecule has 0 spiro atoms. The summed E-state index contributed by atoms with van der Waals surface area (Å²) in [5, 5.41) is 9.32. The molecule has 1 N–H and O–H groups in total. The van der Waals surface area contributed by atoms with Crippen LogP contribution in [-0.2, 0) is 0 Å². The van der Waals surface area contributed by atoms with Crippen molar-refractivity contribution >= 4 is 15.9 Å². The van der Waals surface area contributed by atoms with Crippen LogP contribution in [0.3, 0.4) is 0 Å². The lowest BCUT2D eigenvalue weighted by Gasteiger charge is -2.26. The lowest BCUT2D eigenvalue weighted by molar-refractivity contribution is 0.280. The minimum Gasteiger partial charge on any atom is -0.395 e. The molecule has 1 aromatic rings. The summed E-state index contributed by atoms with van der Waals surface area (Å²) < 4.78 is 1.10. The van der Waals surface area contributed by atoms with Crippen LogP contribution < -0.4 is 0 Å². The first-order chi connectivity index (χ1) is 6.74. The zero-order chi connectivity index (χ0) is 10.1. The highest BCUT2D eigenvalue weighted by molar-refractivity contribution is 9.11. The molecule has 1 nitrogen and oxygen atoms in total. The van der Waals surface area contributed by atoms with E-state index >= 15 is 0 Å². The zero-order valence-corrected chi connectivity index (χ0v) is 9.66. The minimum absolute atomic E-state index is 0.127. The normalized spacial score (nSPS) is 25.5. The van der Waals surface area contributed by atoms with E-state index in [2.05, 4.69) is 47.1 Å². The van der Waals surface area contributed by atoms with E-state index < -0.39 is 0 Å². The quantitative estimate of drug-likeness (QED) is 0.815. The van der Waals surface area contributed by atoms with Gasteiger partial charge in [-0.25, -0.2) is 0 Å². The van der Waals surface area contributed by atoms with E-state index in [0.29, 0.717) is 5.92 Å². The monoisotopic (exact) mass is 252 g/mol. The molecule has 0 bridgehead atoms. The molecule has 1 aromatic carbocycles. The van der Waals surface area contributed by atoms with Crippen LogP contribution in [-0.4, -0.2) is 11.7 Å². The average Bonchev–Trinajstić information content (AvgIpc) is 2.18. The molecule has 1 aliphatic carbocycles. The lowest BCUT2D eigenvalue weighted by atomic mass is 9.83. The van der Waals surface area contributed by atoms with Gasteiger partial charge in [-0.1, -0.05) is 53.2 Å². The van der Waals surface area contributed by atoms with Gasteiger partial charge in [0.25, 0.3) is 0 Å². The maximum Gasteiger partial charge on any atom is 0.0545 e. The Bertz CT molecular complexity index is 370. The fourth-order valence-electron chi connectivity index (χ4n) is 2.02. The SMILES string of the molecule is CC1C=C(Br)C(CO)c2ccccc21. The van der Waals surface area contributed by atoms with E-state index in [1.165, 1.54) is 11.1 Å². The minimum atomic E-state index is 0.127. The van der Waals surface area contributed by atoms with Gasteiger partial charge in [-0.05, 0) is 11.1 Å². The third kappa shape index (κ3) is 1.53. The molecule has 0 fully saturated rings. The summed E-state index contributed by atoms with van der Waals surface area (Å²) in [5.74, 6) is 0.561. The molecule has 0 aliphatic heterocycles. The first kappa shape index (κ1) is 9.94. The van der Waals surface area contributed by atoms with Crippen molar-refractivity contribution < 1.29 is 5.11 Å². The van der Waals surface area contributed by atoms with E-state index in [9.17, 15) is 5.11 Å². The highest BCUT2D eigenvalue weighted by Crippen LogP contribution is 2.40. The number of hydrogen-bond donors (Lipinski definition) is 1. The third-order valence-corrected chi connectivity index (χ3v) is 3.60. The Kier molecular flexibility index (Phi) is 2.75. The van der Waals surface area contributed by atoms with Crippen molar-refractivity contribution in [1.82, 2.24) is 0 Å². The molecule has 2 rings (SSSR count). The molecular weight excluding hydrogens is 240 g/mol. The molecule has 1 aliphatic rings. The van der Waals surface area contributed by atoms with Gasteiger partial charge in [-0.3, -0.25) is 0 Å². The zero-order valence-electron chi connectivity index (χ0n) is 8.07. The predicted octanol–water partition coefficient (Wildman–Crippen LogP) is 3.16. The number of halogens is 1. The molecule has 2 atom stereocenters. The van der Waals surface area contributed by atoms with Crippen LogP contribution in [0.25, 0.3) is 0 Å². The van der Waals surface area contributed by atoms with Crippen molar-refractivity contribution in [3.8, 4) is 0 Å². The molecule has 0 saturated heterocycles. The molecule has 0 radical (unpaired) electrons. The summed E-state index contributed by atoms with van der Waals surface area (Å²) in [6.45, 7) is 2.34. The molecule has 2 unspecified atom stereocenters. The van der Waals surface area contributed by atoms with Gasteiger partial charge in [0.15, 0.2) is 0 Å². The van der Waals surface area contributed by atoms with Gasteiger partial charge in [0.05, 0.1) is 6.61 Å². The number of rotatable bonds is 1. The summed E-state index contributed by atoms with van der Waals surface area (Å²) in [6.07, 6.45) is 2.17. The Morgan fingerprint density at radius 1 is 1.29 bits per heavy atom. The second kappa shape index (κ2) is 3.87. The first-order valence-corrected chi connectivity index (χ1v) is 5.60. The van der Waals surface area contributed by atoms with Crippen LogP contribution in [0.15, 0.2) is 34.8 Å². The van der Waals surface area contributed by atoms with Crippen LogP contribution in [0.1, 0.15) is 29.9 Å². The highest BCUT2D eigenvalue weighted by atomic mass is 79.9. The van der Waals surface area contributed by atoms with Crippen LogP contribution in [0.2, 0.25) is 0 Å². The van der Waals surface area contributed by atoms with Crippen molar-refractivity contribution in [1.29, 1.82) is 0 Å². The second-order valence-electron chi connectivity index (χ2n) is 3.70. The molecule has 0 amide bonds. The van der Waals surface area contributed by atoms with Crippen LogP contribution in [0.5, 0.6) is 0 Å². The third-order valence-electron chi connectivity index (χ3n) is 2.79. The Morgan fingerprint density at radius 2 is 1.93 bits per heavy atom. The van der Waals surface area contributed by atoms with Crippen molar-refractivity contribution in [2.75, 3.05) is 6.61 Å². The number of fused-ring (bicyclic) bond motifs is 1. The van der Waals surface area contributed by atoms with Crippen LogP contribution in [0.4, 0.5) is 0 Å². The van der Waals surface area contributed by atoms with Gasteiger partial charge >= 0.3 is 0 Å². The van der Waals surface area contributed by atoms with Gasteiger partial charge in [-0.15, -0.1) is 0 Å². The smallest absolute Gasteiger partial charge is 0.0545 e. The molecule has 0 saturated carbocycles. The number of benzene rings is 1. The summed E-state index contributed by atoms with van der Waals surface area (Å²) in [4.78, 5) is 0. The summed E-state index contributed by atoms with van der Waals surface area (Å²) in [7, 11) is 0. The molecule has 2 heteroatoms. The Hall–Kier alpha value is -0.600. The van der Waals surface area contributed by atoms with Crippen LogP contribution in [0, 0.1) is 0 Å². The predicted molar refractivity (Wildman–Crippen MR) is 61.7 cm³/mol. The van der Waals surface area contributed by atoms with E-state index in [0.717, 1.165) is 4.48 Å². The fourth-order valence-corrected chi connectivity index (χ4v) is 2.81. The molecule has 0 heterocycles. The van der Waals surface area contributed by atoms with Crippen molar-refractivity contribution in [2.24, 2.45) is 0 Å². The van der Waals surface area contributed by atoms with Crippen molar-refractivity contribution in [3.05, 3.63) is 46.0 Å². The molecule has 14 heavy (non-hydrogen) atoms. The highest BCUT2D eigenvalue weighted by Gasteiger charge is 2.24. The van der Waals surface area contributed by atoms with Gasteiger partial charge < -0.3 is 5.11 Å². The number of hydrogen-bond acceptors (Lipinski definition) is 1. The summed E-state index contributed by atoms with van der Waals surface area (Å²) in [5.41, 5.74) is 2.58. The van der Waals surface area contributed by atoms with E-state index in [-0.39, 0.29) is 12.5 Å². The lowest BCUT2D eigenvalue weighted by Crippen LogP contribution is -2.13. The molecule has 0 aromatic heterocycles. The van der Waals surface area contributed by atoms with E-state index in [1.54, 1.807) is 0 Å². The van der Waals surface area contributed by atoms with Gasteiger partial charge in [0.1, 0.15) is 0 Å². The van der Waals surface area contributed by atoms with Gasteiger partial charge in [0.2, 0.25) is 0 Å². The van der Waals surface area contributed by atoms with Gasteiger partial charge in [-0.2, -0.15) is 0 Å². The number of aliphatic hydroxyl groups excluding tert-OH is 1. The summed E-state index contributed by atoms with van der Waals surface area (Å²) >= 11 is 3.53. The standard InChI is InChI=1S/C12H13BrO/c1-8-6-12(13)11(7-14)10-5-3-2-4-9(8)10/h2-6,8,11,14H,7H2,1H3. The average molecular weight is 253 g/mol. The largest absolute Gasteiger partial charge is 0.395 e. The summed E-state index contributed by atoms with van der Waals surface area (Å²) in [6, 6.07) is 8.32. The maximum atomic E-state index is 9.32. The fraction of sp³-hybridized carbons (Fsp3) is 0.333. The van der Waals surface area contributed by atoms with E-state index in [4.69, 9.17) is 0 Å². The van der Waals surface area contributed by atoms with Gasteiger partial charge in [0, 0.05) is 16.3 Å². The number of allylic oxidation sites excluding steroid dienone is 1. The number of aliphatic hydroxyl groups is 1. The second-order valence-corrected chi connectivity index (χ2v) is 4.62.